The minimum absolute atomic E-state index is 0.467. The van der Waals surface area contributed by atoms with Gasteiger partial charge in [0.05, 0.1) is 6.61 Å². The predicted octanol–water partition coefficient (Wildman–Crippen LogP) is 1.52. The quantitative estimate of drug-likeness (QED) is 0.829. The van der Waals surface area contributed by atoms with Crippen molar-refractivity contribution in [2.24, 2.45) is 11.7 Å². The minimum Gasteiger partial charge on any atom is -0.384 e. The van der Waals surface area contributed by atoms with Gasteiger partial charge in [0.1, 0.15) is 0 Å². The highest BCUT2D eigenvalue weighted by molar-refractivity contribution is 5.16. The molecule has 2 unspecified atom stereocenters. The Morgan fingerprint density at radius 2 is 2.17 bits per heavy atom. The lowest BCUT2D eigenvalue weighted by Crippen LogP contribution is -2.41. The maximum atomic E-state index is 5.95. The van der Waals surface area contributed by atoms with Crippen LogP contribution in [0.25, 0.3) is 0 Å². The van der Waals surface area contributed by atoms with Crippen molar-refractivity contribution in [3.63, 3.8) is 0 Å². The molecule has 1 fully saturated rings. The standard InChI is InChI=1S/C15H24N2O/c1-18-12-14-7-8-17(11-14)15(10-16)9-13-5-3-2-4-6-13/h2-6,14-15H,7-12,16H2,1H3. The monoisotopic (exact) mass is 248 g/mol. The van der Waals surface area contributed by atoms with Crippen molar-refractivity contribution < 1.29 is 4.74 Å². The Bertz CT molecular complexity index is 342. The van der Waals surface area contributed by atoms with Crippen molar-refractivity contribution >= 4 is 0 Å². The fraction of sp³-hybridized carbons (Fsp3) is 0.600. The number of rotatable bonds is 6. The van der Waals surface area contributed by atoms with Gasteiger partial charge in [-0.15, -0.1) is 0 Å². The van der Waals surface area contributed by atoms with E-state index in [0.717, 1.165) is 32.7 Å². The second-order valence-electron chi connectivity index (χ2n) is 5.18. The Labute approximate surface area is 110 Å². The average molecular weight is 248 g/mol. The molecule has 0 spiro atoms. The van der Waals surface area contributed by atoms with Crippen LogP contribution in [-0.2, 0) is 11.2 Å². The van der Waals surface area contributed by atoms with Gasteiger partial charge in [-0.1, -0.05) is 30.3 Å². The van der Waals surface area contributed by atoms with E-state index < -0.39 is 0 Å². The summed E-state index contributed by atoms with van der Waals surface area (Å²) < 4.78 is 5.25. The number of hydrogen-bond donors (Lipinski definition) is 1. The highest BCUT2D eigenvalue weighted by Gasteiger charge is 2.27. The van der Waals surface area contributed by atoms with Crippen LogP contribution in [0.3, 0.4) is 0 Å². The third-order valence-electron chi connectivity index (χ3n) is 3.82. The lowest BCUT2D eigenvalue weighted by Gasteiger charge is -2.26. The van der Waals surface area contributed by atoms with Crippen LogP contribution in [0, 0.1) is 5.92 Å². The first-order chi connectivity index (χ1) is 8.83. The number of hydrogen-bond acceptors (Lipinski definition) is 3. The van der Waals surface area contributed by atoms with E-state index in [2.05, 4.69) is 35.2 Å². The summed E-state index contributed by atoms with van der Waals surface area (Å²) in [5, 5.41) is 0. The van der Waals surface area contributed by atoms with Crippen molar-refractivity contribution in [1.29, 1.82) is 0 Å². The highest BCUT2D eigenvalue weighted by Crippen LogP contribution is 2.20. The molecule has 1 aliphatic heterocycles. The molecular weight excluding hydrogens is 224 g/mol. The highest BCUT2D eigenvalue weighted by atomic mass is 16.5. The van der Waals surface area contributed by atoms with Crippen LogP contribution in [0.4, 0.5) is 0 Å². The molecule has 2 atom stereocenters. The Kier molecular flexibility index (Phi) is 5.17. The summed E-state index contributed by atoms with van der Waals surface area (Å²) in [4.78, 5) is 2.52. The van der Waals surface area contributed by atoms with Gasteiger partial charge in [-0.2, -0.15) is 0 Å². The summed E-state index contributed by atoms with van der Waals surface area (Å²) in [5.74, 6) is 0.680. The van der Waals surface area contributed by atoms with Gasteiger partial charge in [0.25, 0.3) is 0 Å². The van der Waals surface area contributed by atoms with Crippen molar-refractivity contribution in [2.75, 3.05) is 33.4 Å². The third kappa shape index (κ3) is 3.55. The Morgan fingerprint density at radius 1 is 1.39 bits per heavy atom. The molecule has 0 amide bonds. The van der Waals surface area contributed by atoms with Crippen molar-refractivity contribution in [2.45, 2.75) is 18.9 Å². The molecule has 2 rings (SSSR count). The number of likely N-dealkylation sites (tertiary alicyclic amines) is 1. The molecule has 2 N–H and O–H groups in total. The number of benzene rings is 1. The molecule has 1 aliphatic rings. The topological polar surface area (TPSA) is 38.5 Å². The molecule has 1 aromatic rings. The molecule has 0 aliphatic carbocycles. The van der Waals surface area contributed by atoms with Crippen LogP contribution in [0.15, 0.2) is 30.3 Å². The lowest BCUT2D eigenvalue weighted by molar-refractivity contribution is 0.147. The molecular formula is C15H24N2O. The van der Waals surface area contributed by atoms with Crippen molar-refractivity contribution in [3.8, 4) is 0 Å². The van der Waals surface area contributed by atoms with Crippen LogP contribution in [0.5, 0.6) is 0 Å². The smallest absolute Gasteiger partial charge is 0.0503 e. The molecule has 0 saturated carbocycles. The fourth-order valence-corrected chi connectivity index (χ4v) is 2.81. The average Bonchev–Trinajstić information content (AvgIpc) is 2.86. The lowest BCUT2D eigenvalue weighted by atomic mass is 10.0. The van der Waals surface area contributed by atoms with Crippen LogP contribution in [0.2, 0.25) is 0 Å². The number of nitrogens with two attached hydrogens (primary N) is 1. The molecule has 18 heavy (non-hydrogen) atoms. The Morgan fingerprint density at radius 3 is 2.83 bits per heavy atom. The van der Waals surface area contributed by atoms with E-state index in [1.54, 1.807) is 7.11 Å². The zero-order valence-corrected chi connectivity index (χ0v) is 11.2. The summed E-state index contributed by atoms with van der Waals surface area (Å²) in [6.45, 7) is 3.89. The van der Waals surface area contributed by atoms with E-state index in [1.807, 2.05) is 0 Å². The molecule has 3 nitrogen and oxygen atoms in total. The summed E-state index contributed by atoms with van der Waals surface area (Å²) in [6, 6.07) is 11.1. The first-order valence-corrected chi connectivity index (χ1v) is 6.80. The molecule has 0 aromatic heterocycles. The molecule has 0 radical (unpaired) electrons. The largest absolute Gasteiger partial charge is 0.384 e. The summed E-state index contributed by atoms with van der Waals surface area (Å²) >= 11 is 0. The Balaban J connectivity index is 1.90. The third-order valence-corrected chi connectivity index (χ3v) is 3.82. The molecule has 1 heterocycles. The van der Waals surface area contributed by atoms with Gasteiger partial charge in [-0.3, -0.25) is 4.90 Å². The van der Waals surface area contributed by atoms with E-state index in [-0.39, 0.29) is 0 Å². The van der Waals surface area contributed by atoms with E-state index in [1.165, 1.54) is 12.0 Å². The van der Waals surface area contributed by atoms with Gasteiger partial charge in [0, 0.05) is 26.2 Å². The summed E-state index contributed by atoms with van der Waals surface area (Å²) in [5.41, 5.74) is 7.32. The second kappa shape index (κ2) is 6.88. The number of methoxy groups -OCH3 is 1. The SMILES string of the molecule is COCC1CCN(C(CN)Cc2ccccc2)C1. The van der Waals surface area contributed by atoms with E-state index in [4.69, 9.17) is 10.5 Å². The van der Waals surface area contributed by atoms with Gasteiger partial charge in [-0.05, 0) is 30.9 Å². The van der Waals surface area contributed by atoms with Crippen molar-refractivity contribution in [1.82, 2.24) is 4.90 Å². The van der Waals surface area contributed by atoms with E-state index >= 15 is 0 Å². The van der Waals surface area contributed by atoms with Gasteiger partial charge in [0.2, 0.25) is 0 Å². The second-order valence-corrected chi connectivity index (χ2v) is 5.18. The first-order valence-electron chi connectivity index (χ1n) is 6.80. The molecule has 0 bridgehead atoms. The first kappa shape index (κ1) is 13.5. The van der Waals surface area contributed by atoms with Crippen LogP contribution in [0.1, 0.15) is 12.0 Å². The van der Waals surface area contributed by atoms with E-state index in [0.29, 0.717) is 12.0 Å². The number of nitrogens with zero attached hydrogens (tertiary/aromatic N) is 1. The van der Waals surface area contributed by atoms with Crippen molar-refractivity contribution in [3.05, 3.63) is 35.9 Å². The zero-order valence-electron chi connectivity index (χ0n) is 11.2. The van der Waals surface area contributed by atoms with Gasteiger partial charge >= 0.3 is 0 Å². The van der Waals surface area contributed by atoms with E-state index in [9.17, 15) is 0 Å². The summed E-state index contributed by atoms with van der Waals surface area (Å²) in [7, 11) is 1.78. The van der Waals surface area contributed by atoms with Gasteiger partial charge in [0.15, 0.2) is 0 Å². The fourth-order valence-electron chi connectivity index (χ4n) is 2.81. The number of ether oxygens (including phenoxy) is 1. The molecule has 1 aromatic carbocycles. The minimum atomic E-state index is 0.467. The van der Waals surface area contributed by atoms with Gasteiger partial charge in [-0.25, -0.2) is 0 Å². The van der Waals surface area contributed by atoms with Crippen LogP contribution < -0.4 is 5.73 Å². The molecule has 1 saturated heterocycles. The summed E-state index contributed by atoms with van der Waals surface area (Å²) in [6.07, 6.45) is 2.29. The predicted molar refractivity (Wildman–Crippen MR) is 74.5 cm³/mol. The maximum absolute atomic E-state index is 5.95. The normalized spacial score (nSPS) is 22.2. The molecule has 100 valence electrons. The van der Waals surface area contributed by atoms with Crippen LogP contribution in [-0.4, -0.2) is 44.3 Å². The maximum Gasteiger partial charge on any atom is 0.0503 e. The van der Waals surface area contributed by atoms with Gasteiger partial charge < -0.3 is 10.5 Å². The zero-order chi connectivity index (χ0) is 12.8. The molecule has 3 heteroatoms. The Hall–Kier alpha value is -0.900. The van der Waals surface area contributed by atoms with Crippen LogP contribution >= 0.6 is 0 Å².